The first-order chi connectivity index (χ1) is 9.46. The van der Waals surface area contributed by atoms with Gasteiger partial charge in [0, 0.05) is 18.2 Å². The monoisotopic (exact) mass is 276 g/mol. The Bertz CT molecular complexity index is 560. The maximum Gasteiger partial charge on any atom is 0.123 e. The average molecular weight is 276 g/mol. The molecule has 1 atom stereocenters. The summed E-state index contributed by atoms with van der Waals surface area (Å²) in [7, 11) is 0. The molecule has 0 aliphatic carbocycles. The minimum absolute atomic E-state index is 0.268. The Morgan fingerprint density at radius 3 is 2.50 bits per heavy atom. The molecule has 108 valence electrons. The van der Waals surface area contributed by atoms with Gasteiger partial charge in [-0.2, -0.15) is 5.10 Å². The number of benzene rings is 1. The second-order valence-corrected chi connectivity index (χ2v) is 5.61. The van der Waals surface area contributed by atoms with Crippen molar-refractivity contribution in [2.45, 2.75) is 45.3 Å². The van der Waals surface area contributed by atoms with E-state index >= 15 is 0 Å². The number of hydrogen-bond donors (Lipinski definition) is 1. The van der Waals surface area contributed by atoms with E-state index in [0.717, 1.165) is 24.2 Å². The first kappa shape index (κ1) is 14.7. The van der Waals surface area contributed by atoms with E-state index in [1.54, 1.807) is 18.3 Å². The van der Waals surface area contributed by atoms with Gasteiger partial charge < -0.3 is 5.11 Å². The number of aliphatic hydroxyl groups excluding tert-OH is 1. The number of aliphatic hydroxyl groups is 1. The summed E-state index contributed by atoms with van der Waals surface area (Å²) in [6.07, 6.45) is 1.97. The van der Waals surface area contributed by atoms with Crippen molar-refractivity contribution in [1.82, 2.24) is 9.78 Å². The number of aryl methyl sites for hydroxylation is 1. The summed E-state index contributed by atoms with van der Waals surface area (Å²) >= 11 is 0. The molecule has 0 saturated heterocycles. The van der Waals surface area contributed by atoms with E-state index in [0.29, 0.717) is 0 Å². The second-order valence-electron chi connectivity index (χ2n) is 5.61. The van der Waals surface area contributed by atoms with Crippen LogP contribution in [0.4, 0.5) is 4.39 Å². The molecule has 1 N–H and O–H groups in total. The van der Waals surface area contributed by atoms with E-state index in [4.69, 9.17) is 0 Å². The zero-order valence-corrected chi connectivity index (χ0v) is 12.2. The summed E-state index contributed by atoms with van der Waals surface area (Å²) in [4.78, 5) is 0. The Labute approximate surface area is 119 Å². The van der Waals surface area contributed by atoms with Gasteiger partial charge in [0.05, 0.1) is 5.69 Å². The van der Waals surface area contributed by atoms with Gasteiger partial charge in [0.25, 0.3) is 0 Å². The van der Waals surface area contributed by atoms with E-state index in [9.17, 15) is 9.50 Å². The molecule has 0 radical (unpaired) electrons. The SMILES string of the molecule is CCCn1nccc1C(O)C(C)(C)c1ccc(F)cc1. The summed E-state index contributed by atoms with van der Waals surface area (Å²) in [6.45, 7) is 6.75. The van der Waals surface area contributed by atoms with E-state index in [1.165, 1.54) is 12.1 Å². The number of rotatable bonds is 5. The predicted octanol–water partition coefficient (Wildman–Crippen LogP) is 3.44. The Balaban J connectivity index is 2.32. The van der Waals surface area contributed by atoms with Crippen molar-refractivity contribution >= 4 is 0 Å². The van der Waals surface area contributed by atoms with Crippen molar-refractivity contribution in [2.75, 3.05) is 0 Å². The number of halogens is 1. The number of aromatic nitrogens is 2. The molecule has 1 aromatic carbocycles. The second kappa shape index (κ2) is 5.75. The van der Waals surface area contributed by atoms with Gasteiger partial charge in [0.15, 0.2) is 0 Å². The van der Waals surface area contributed by atoms with Gasteiger partial charge in [-0.25, -0.2) is 4.39 Å². The van der Waals surface area contributed by atoms with Crippen LogP contribution in [-0.2, 0) is 12.0 Å². The molecule has 4 heteroatoms. The lowest BCUT2D eigenvalue weighted by Crippen LogP contribution is -2.28. The summed E-state index contributed by atoms with van der Waals surface area (Å²) in [6, 6.07) is 8.13. The quantitative estimate of drug-likeness (QED) is 0.908. The van der Waals surface area contributed by atoms with Gasteiger partial charge in [-0.05, 0) is 30.2 Å². The van der Waals surface area contributed by atoms with E-state index in [-0.39, 0.29) is 5.82 Å². The van der Waals surface area contributed by atoms with Crippen molar-refractivity contribution < 1.29 is 9.50 Å². The largest absolute Gasteiger partial charge is 0.386 e. The zero-order chi connectivity index (χ0) is 14.8. The minimum Gasteiger partial charge on any atom is -0.386 e. The van der Waals surface area contributed by atoms with Gasteiger partial charge >= 0.3 is 0 Å². The van der Waals surface area contributed by atoms with Crippen molar-refractivity contribution in [3.8, 4) is 0 Å². The van der Waals surface area contributed by atoms with Crippen LogP contribution in [0, 0.1) is 5.82 Å². The molecular weight excluding hydrogens is 255 g/mol. The number of nitrogens with zero attached hydrogens (tertiary/aromatic N) is 2. The van der Waals surface area contributed by atoms with Crippen LogP contribution in [0.25, 0.3) is 0 Å². The van der Waals surface area contributed by atoms with Crippen LogP contribution in [0.1, 0.15) is 44.6 Å². The molecule has 0 spiro atoms. The smallest absolute Gasteiger partial charge is 0.123 e. The molecule has 0 amide bonds. The molecule has 0 fully saturated rings. The molecule has 0 aliphatic rings. The van der Waals surface area contributed by atoms with Crippen LogP contribution in [0.15, 0.2) is 36.5 Å². The fourth-order valence-corrected chi connectivity index (χ4v) is 2.38. The summed E-state index contributed by atoms with van der Waals surface area (Å²) in [5, 5.41) is 15.0. The molecule has 1 unspecified atom stereocenters. The maximum absolute atomic E-state index is 13.0. The maximum atomic E-state index is 13.0. The summed E-state index contributed by atoms with van der Waals surface area (Å²) < 4.78 is 14.9. The third-order valence-corrected chi connectivity index (χ3v) is 3.74. The lowest BCUT2D eigenvalue weighted by atomic mass is 9.78. The topological polar surface area (TPSA) is 38.0 Å². The lowest BCUT2D eigenvalue weighted by molar-refractivity contribution is 0.0909. The van der Waals surface area contributed by atoms with Crippen LogP contribution in [0.5, 0.6) is 0 Å². The Kier molecular flexibility index (Phi) is 4.23. The van der Waals surface area contributed by atoms with Gasteiger partial charge in [0.1, 0.15) is 11.9 Å². The lowest BCUT2D eigenvalue weighted by Gasteiger charge is -2.31. The first-order valence-electron chi connectivity index (χ1n) is 6.92. The van der Waals surface area contributed by atoms with Crippen LogP contribution >= 0.6 is 0 Å². The predicted molar refractivity (Wildman–Crippen MR) is 76.9 cm³/mol. The first-order valence-corrected chi connectivity index (χ1v) is 6.92. The third kappa shape index (κ3) is 2.75. The molecule has 2 aromatic rings. The fourth-order valence-electron chi connectivity index (χ4n) is 2.38. The van der Waals surface area contributed by atoms with Crippen LogP contribution in [0.2, 0.25) is 0 Å². The van der Waals surface area contributed by atoms with Crippen molar-refractivity contribution in [2.24, 2.45) is 0 Å². The fraction of sp³-hybridized carbons (Fsp3) is 0.438. The molecule has 1 heterocycles. The molecule has 20 heavy (non-hydrogen) atoms. The summed E-state index contributed by atoms with van der Waals surface area (Å²) in [5.41, 5.74) is 1.18. The molecule has 2 rings (SSSR count). The highest BCUT2D eigenvalue weighted by atomic mass is 19.1. The Morgan fingerprint density at radius 2 is 1.90 bits per heavy atom. The van der Waals surface area contributed by atoms with E-state index < -0.39 is 11.5 Å². The van der Waals surface area contributed by atoms with Crippen molar-refractivity contribution in [1.29, 1.82) is 0 Å². The highest BCUT2D eigenvalue weighted by molar-refractivity contribution is 5.28. The van der Waals surface area contributed by atoms with Crippen molar-refractivity contribution in [3.63, 3.8) is 0 Å². The van der Waals surface area contributed by atoms with Gasteiger partial charge in [0.2, 0.25) is 0 Å². The Morgan fingerprint density at radius 1 is 1.25 bits per heavy atom. The molecule has 0 aliphatic heterocycles. The van der Waals surface area contributed by atoms with Crippen LogP contribution in [0.3, 0.4) is 0 Å². The average Bonchev–Trinajstić information content (AvgIpc) is 2.87. The van der Waals surface area contributed by atoms with Crippen molar-refractivity contribution in [3.05, 3.63) is 53.6 Å². The molecule has 1 aromatic heterocycles. The number of hydrogen-bond acceptors (Lipinski definition) is 2. The Hall–Kier alpha value is -1.68. The minimum atomic E-state index is -0.693. The van der Waals surface area contributed by atoms with Gasteiger partial charge in [-0.1, -0.05) is 32.9 Å². The summed E-state index contributed by atoms with van der Waals surface area (Å²) in [5.74, 6) is -0.268. The van der Waals surface area contributed by atoms with Crippen LogP contribution < -0.4 is 0 Å². The molecular formula is C16H21FN2O. The van der Waals surface area contributed by atoms with Crippen LogP contribution in [-0.4, -0.2) is 14.9 Å². The molecule has 0 bridgehead atoms. The standard InChI is InChI=1S/C16H21FN2O/c1-4-11-19-14(9-10-18-19)15(20)16(2,3)12-5-7-13(17)8-6-12/h5-10,15,20H,4,11H2,1-3H3. The van der Waals surface area contributed by atoms with E-state index in [2.05, 4.69) is 12.0 Å². The van der Waals surface area contributed by atoms with Gasteiger partial charge in [-0.3, -0.25) is 4.68 Å². The highest BCUT2D eigenvalue weighted by Crippen LogP contribution is 2.36. The highest BCUT2D eigenvalue weighted by Gasteiger charge is 2.33. The molecule has 0 saturated carbocycles. The van der Waals surface area contributed by atoms with E-state index in [1.807, 2.05) is 24.6 Å². The zero-order valence-electron chi connectivity index (χ0n) is 12.2. The van der Waals surface area contributed by atoms with Gasteiger partial charge in [-0.15, -0.1) is 0 Å². The third-order valence-electron chi connectivity index (χ3n) is 3.74. The normalized spacial score (nSPS) is 13.4. The molecule has 3 nitrogen and oxygen atoms in total.